The van der Waals surface area contributed by atoms with Crippen LogP contribution in [-0.2, 0) is 13.6 Å². The maximum absolute atomic E-state index is 12.4. The summed E-state index contributed by atoms with van der Waals surface area (Å²) in [5.74, 6) is 0.156. The van der Waals surface area contributed by atoms with E-state index in [1.54, 1.807) is 19.0 Å². The lowest BCUT2D eigenvalue weighted by Gasteiger charge is -2.11. The van der Waals surface area contributed by atoms with Crippen molar-refractivity contribution in [2.24, 2.45) is 12.0 Å². The van der Waals surface area contributed by atoms with E-state index in [0.29, 0.717) is 0 Å². The van der Waals surface area contributed by atoms with Gasteiger partial charge in [0.05, 0.1) is 19.5 Å². The average molecular weight is 306 g/mol. The summed E-state index contributed by atoms with van der Waals surface area (Å²) in [6.07, 6.45) is 1.50. The second-order valence-electron chi connectivity index (χ2n) is 5.03. The number of aryl methyl sites for hydroxylation is 1. The van der Waals surface area contributed by atoms with Crippen LogP contribution in [0.15, 0.2) is 14.6 Å². The highest BCUT2D eigenvalue weighted by atomic mass is 16.3. The van der Waals surface area contributed by atoms with Crippen LogP contribution in [0.2, 0.25) is 0 Å². The Morgan fingerprint density at radius 2 is 1.95 bits per heavy atom. The summed E-state index contributed by atoms with van der Waals surface area (Å²) in [6, 6.07) is 0. The van der Waals surface area contributed by atoms with Crippen LogP contribution in [0.5, 0.6) is 0 Å². The van der Waals surface area contributed by atoms with E-state index >= 15 is 0 Å². The van der Waals surface area contributed by atoms with E-state index in [-0.39, 0.29) is 41.5 Å². The highest BCUT2D eigenvalue weighted by molar-refractivity contribution is 5.71. The third-order valence-electron chi connectivity index (χ3n) is 3.04. The first kappa shape index (κ1) is 15.8. The van der Waals surface area contributed by atoms with E-state index in [1.807, 2.05) is 0 Å². The third-order valence-corrected chi connectivity index (χ3v) is 3.04. The minimum Gasteiger partial charge on any atom is -0.395 e. The molecular formula is C13H18N6O3. The van der Waals surface area contributed by atoms with Gasteiger partial charge in [0.15, 0.2) is 11.2 Å². The fourth-order valence-corrected chi connectivity index (χ4v) is 1.95. The maximum Gasteiger partial charge on any atom is 0.282 e. The Bertz CT molecular complexity index is 849. The van der Waals surface area contributed by atoms with E-state index in [4.69, 9.17) is 5.11 Å². The van der Waals surface area contributed by atoms with Gasteiger partial charge >= 0.3 is 0 Å². The lowest BCUT2D eigenvalue weighted by molar-refractivity contribution is 0.275. The standard InChI is InChI=1S/C13H18N6O3/c1-8-11(21)19(5-6-20)10-9(15-8)12(22)18(4)13(16-10)14-7-17(2)3/h7,20H,5-6H2,1-4H3. The van der Waals surface area contributed by atoms with Gasteiger partial charge in [-0.05, 0) is 6.92 Å². The fourth-order valence-electron chi connectivity index (χ4n) is 1.95. The molecule has 0 aliphatic carbocycles. The quantitative estimate of drug-likeness (QED) is 0.574. The Morgan fingerprint density at radius 3 is 2.55 bits per heavy atom. The summed E-state index contributed by atoms with van der Waals surface area (Å²) in [7, 11) is 5.11. The number of hydrogen-bond acceptors (Lipinski definition) is 6. The van der Waals surface area contributed by atoms with E-state index < -0.39 is 5.56 Å². The molecule has 9 heteroatoms. The molecule has 0 unspecified atom stereocenters. The Kier molecular flexibility index (Phi) is 4.36. The predicted molar refractivity (Wildman–Crippen MR) is 82.7 cm³/mol. The summed E-state index contributed by atoms with van der Waals surface area (Å²) >= 11 is 0. The van der Waals surface area contributed by atoms with Crippen molar-refractivity contribution in [1.29, 1.82) is 0 Å². The van der Waals surface area contributed by atoms with Crippen LogP contribution in [0.1, 0.15) is 5.69 Å². The molecule has 0 aromatic carbocycles. The second-order valence-corrected chi connectivity index (χ2v) is 5.03. The number of rotatable bonds is 4. The molecule has 2 rings (SSSR count). The largest absolute Gasteiger partial charge is 0.395 e. The van der Waals surface area contributed by atoms with Gasteiger partial charge < -0.3 is 10.0 Å². The molecule has 1 N–H and O–H groups in total. The number of aromatic nitrogens is 4. The lowest BCUT2D eigenvalue weighted by Crippen LogP contribution is -2.30. The maximum atomic E-state index is 12.4. The van der Waals surface area contributed by atoms with Gasteiger partial charge in [0.25, 0.3) is 11.1 Å². The van der Waals surface area contributed by atoms with Crippen LogP contribution in [0.25, 0.3) is 11.2 Å². The van der Waals surface area contributed by atoms with Gasteiger partial charge in [0.1, 0.15) is 5.69 Å². The Morgan fingerprint density at radius 1 is 1.27 bits per heavy atom. The van der Waals surface area contributed by atoms with Crippen molar-refractivity contribution in [3.05, 3.63) is 26.4 Å². The number of fused-ring (bicyclic) bond motifs is 1. The molecule has 2 aromatic heterocycles. The fraction of sp³-hybridized carbons (Fsp3) is 0.462. The van der Waals surface area contributed by atoms with Crippen molar-refractivity contribution in [2.75, 3.05) is 20.7 Å². The van der Waals surface area contributed by atoms with Gasteiger partial charge in [-0.2, -0.15) is 4.98 Å². The molecule has 0 fully saturated rings. The average Bonchev–Trinajstić information content (AvgIpc) is 2.47. The van der Waals surface area contributed by atoms with Crippen LogP contribution in [-0.4, -0.2) is 56.1 Å². The lowest BCUT2D eigenvalue weighted by atomic mass is 10.4. The molecule has 0 amide bonds. The van der Waals surface area contributed by atoms with Gasteiger partial charge in [-0.1, -0.05) is 0 Å². The summed E-state index contributed by atoms with van der Waals surface area (Å²) in [4.78, 5) is 38.7. The predicted octanol–water partition coefficient (Wildman–Crippen LogP) is -0.988. The van der Waals surface area contributed by atoms with Crippen molar-refractivity contribution < 1.29 is 5.11 Å². The second kappa shape index (κ2) is 6.06. The third kappa shape index (κ3) is 2.75. The molecule has 0 bridgehead atoms. The van der Waals surface area contributed by atoms with E-state index in [0.717, 1.165) is 0 Å². The Hall–Kier alpha value is -2.55. The normalized spacial score (nSPS) is 11.5. The summed E-state index contributed by atoms with van der Waals surface area (Å²) in [5, 5.41) is 9.14. The molecule has 118 valence electrons. The topological polar surface area (TPSA) is 106 Å². The first-order chi connectivity index (χ1) is 10.4. The molecule has 0 aliphatic rings. The number of aliphatic hydroxyl groups excluding tert-OH is 1. The van der Waals surface area contributed by atoms with Crippen LogP contribution in [0.4, 0.5) is 5.95 Å². The zero-order valence-corrected chi connectivity index (χ0v) is 12.9. The van der Waals surface area contributed by atoms with Crippen molar-refractivity contribution >= 4 is 23.5 Å². The first-order valence-electron chi connectivity index (χ1n) is 6.66. The van der Waals surface area contributed by atoms with Crippen LogP contribution in [0, 0.1) is 6.92 Å². The van der Waals surface area contributed by atoms with Crippen molar-refractivity contribution in [1.82, 2.24) is 24.0 Å². The van der Waals surface area contributed by atoms with E-state index in [1.165, 1.54) is 29.4 Å². The minimum absolute atomic E-state index is 0.0374. The molecular weight excluding hydrogens is 288 g/mol. The monoisotopic (exact) mass is 306 g/mol. The van der Waals surface area contributed by atoms with Gasteiger partial charge in [0, 0.05) is 21.1 Å². The highest BCUT2D eigenvalue weighted by Gasteiger charge is 2.15. The van der Waals surface area contributed by atoms with Crippen LogP contribution >= 0.6 is 0 Å². The Balaban J connectivity index is 2.86. The zero-order valence-electron chi connectivity index (χ0n) is 12.9. The number of hydrogen-bond donors (Lipinski definition) is 1. The Labute approximate surface area is 126 Å². The molecule has 0 atom stereocenters. The first-order valence-corrected chi connectivity index (χ1v) is 6.66. The molecule has 0 aliphatic heterocycles. The van der Waals surface area contributed by atoms with Crippen molar-refractivity contribution in [3.8, 4) is 0 Å². The van der Waals surface area contributed by atoms with E-state index in [9.17, 15) is 9.59 Å². The molecule has 2 heterocycles. The molecule has 0 saturated carbocycles. The van der Waals surface area contributed by atoms with Gasteiger partial charge in [0.2, 0.25) is 5.95 Å². The molecule has 9 nitrogen and oxygen atoms in total. The molecule has 0 radical (unpaired) electrons. The van der Waals surface area contributed by atoms with Crippen molar-refractivity contribution in [3.63, 3.8) is 0 Å². The summed E-state index contributed by atoms with van der Waals surface area (Å²) in [6.45, 7) is 1.31. The molecule has 0 spiro atoms. The zero-order chi connectivity index (χ0) is 16.4. The highest BCUT2D eigenvalue weighted by Crippen LogP contribution is 2.10. The number of aliphatic hydroxyl groups is 1. The number of nitrogens with zero attached hydrogens (tertiary/aromatic N) is 6. The van der Waals surface area contributed by atoms with Gasteiger partial charge in [-0.3, -0.25) is 18.7 Å². The van der Waals surface area contributed by atoms with Crippen molar-refractivity contribution in [2.45, 2.75) is 13.5 Å². The molecule has 2 aromatic rings. The number of aliphatic imine (C=N–C) groups is 1. The van der Waals surface area contributed by atoms with Gasteiger partial charge in [-0.15, -0.1) is 0 Å². The van der Waals surface area contributed by atoms with Gasteiger partial charge in [-0.25, -0.2) is 9.98 Å². The SMILES string of the molecule is Cc1nc2c(=O)n(C)c(N=CN(C)C)nc2n(CCO)c1=O. The smallest absolute Gasteiger partial charge is 0.282 e. The van der Waals surface area contributed by atoms with Crippen LogP contribution in [0.3, 0.4) is 0 Å². The van der Waals surface area contributed by atoms with Crippen LogP contribution < -0.4 is 11.1 Å². The molecule has 22 heavy (non-hydrogen) atoms. The summed E-state index contributed by atoms with van der Waals surface area (Å²) < 4.78 is 2.51. The molecule has 0 saturated heterocycles. The summed E-state index contributed by atoms with van der Waals surface area (Å²) in [5.41, 5.74) is -0.393. The minimum atomic E-state index is -0.398. The van der Waals surface area contributed by atoms with E-state index in [2.05, 4.69) is 15.0 Å².